The minimum absolute atomic E-state index is 0.0936. The van der Waals surface area contributed by atoms with Crippen LogP contribution in [0.15, 0.2) is 36.4 Å². The van der Waals surface area contributed by atoms with E-state index < -0.39 is 29.5 Å². The monoisotopic (exact) mass is 390 g/mol. The zero-order chi connectivity index (χ0) is 20.8. The molecule has 2 rings (SSSR count). The molecule has 8 heteroatoms. The Morgan fingerprint density at radius 2 is 1.79 bits per heavy atom. The number of methoxy groups -OCH3 is 1. The van der Waals surface area contributed by atoms with Crippen LogP contribution in [0.3, 0.4) is 0 Å². The quantitative estimate of drug-likeness (QED) is 0.711. The summed E-state index contributed by atoms with van der Waals surface area (Å²) < 4.78 is 31.9. The number of hydrogen-bond donors (Lipinski definition) is 2. The lowest BCUT2D eigenvalue weighted by atomic mass is 10.0. The van der Waals surface area contributed by atoms with Gasteiger partial charge in [-0.3, -0.25) is 14.4 Å². The van der Waals surface area contributed by atoms with Crippen LogP contribution in [0.4, 0.5) is 8.78 Å². The van der Waals surface area contributed by atoms with Gasteiger partial charge in [0, 0.05) is 18.2 Å². The fraction of sp³-hybridized carbons (Fsp3) is 0.250. The Morgan fingerprint density at radius 3 is 2.36 bits per heavy atom. The molecule has 2 aromatic carbocycles. The highest BCUT2D eigenvalue weighted by molar-refractivity contribution is 5.95. The SMILES string of the molecule is CNC(=O)C(NC(=O)Cc1cc(C(C)=O)ccc1OC)c1ccc(F)c(F)c1. The largest absolute Gasteiger partial charge is 0.496 e. The summed E-state index contributed by atoms with van der Waals surface area (Å²) in [6.45, 7) is 1.40. The third-order valence-corrected chi connectivity index (χ3v) is 4.13. The van der Waals surface area contributed by atoms with Gasteiger partial charge in [0.05, 0.1) is 13.5 Å². The smallest absolute Gasteiger partial charge is 0.246 e. The van der Waals surface area contributed by atoms with Crippen molar-refractivity contribution in [1.29, 1.82) is 0 Å². The number of halogens is 2. The molecule has 1 unspecified atom stereocenters. The lowest BCUT2D eigenvalue weighted by molar-refractivity contribution is -0.128. The number of benzene rings is 2. The standard InChI is InChI=1S/C20H20F2N2O4/c1-11(25)12-5-7-17(28-3)14(8-12)10-18(26)24-19(20(27)23-2)13-4-6-15(21)16(22)9-13/h4-9,19H,10H2,1-3H3,(H,23,27)(H,24,26). The Hall–Kier alpha value is -3.29. The first-order valence-electron chi connectivity index (χ1n) is 8.40. The normalized spacial score (nSPS) is 11.5. The van der Waals surface area contributed by atoms with Gasteiger partial charge in [0.25, 0.3) is 0 Å². The van der Waals surface area contributed by atoms with E-state index in [9.17, 15) is 23.2 Å². The molecule has 0 fully saturated rings. The fourth-order valence-electron chi connectivity index (χ4n) is 2.66. The molecule has 148 valence electrons. The van der Waals surface area contributed by atoms with Gasteiger partial charge in [-0.05, 0) is 42.8 Å². The number of ether oxygens (including phenoxy) is 1. The number of ketones is 1. The molecule has 1 atom stereocenters. The summed E-state index contributed by atoms with van der Waals surface area (Å²) in [5.41, 5.74) is 0.955. The molecule has 28 heavy (non-hydrogen) atoms. The number of amides is 2. The zero-order valence-corrected chi connectivity index (χ0v) is 15.6. The predicted molar refractivity (Wildman–Crippen MR) is 98.0 cm³/mol. The lowest BCUT2D eigenvalue weighted by Gasteiger charge is -2.18. The topological polar surface area (TPSA) is 84.5 Å². The van der Waals surface area contributed by atoms with E-state index in [1.54, 1.807) is 12.1 Å². The highest BCUT2D eigenvalue weighted by Crippen LogP contribution is 2.22. The molecule has 2 amide bonds. The number of carbonyl (C=O) groups is 3. The molecule has 0 aliphatic rings. The number of likely N-dealkylation sites (N-methyl/N-ethyl adjacent to an activating group) is 1. The van der Waals surface area contributed by atoms with Crippen molar-refractivity contribution in [2.24, 2.45) is 0 Å². The highest BCUT2D eigenvalue weighted by atomic mass is 19.2. The van der Waals surface area contributed by atoms with Gasteiger partial charge in [0.1, 0.15) is 11.8 Å². The molecule has 0 aliphatic heterocycles. The molecular weight excluding hydrogens is 370 g/mol. The van der Waals surface area contributed by atoms with Gasteiger partial charge in [-0.15, -0.1) is 0 Å². The van der Waals surface area contributed by atoms with Crippen LogP contribution in [-0.2, 0) is 16.0 Å². The highest BCUT2D eigenvalue weighted by Gasteiger charge is 2.23. The van der Waals surface area contributed by atoms with Crippen molar-refractivity contribution in [3.63, 3.8) is 0 Å². The van der Waals surface area contributed by atoms with Crippen LogP contribution in [0.25, 0.3) is 0 Å². The fourth-order valence-corrected chi connectivity index (χ4v) is 2.66. The van der Waals surface area contributed by atoms with Crippen molar-refractivity contribution in [1.82, 2.24) is 10.6 Å². The first kappa shape index (κ1) is 21.0. The molecule has 2 aromatic rings. The molecule has 0 aliphatic carbocycles. The first-order valence-corrected chi connectivity index (χ1v) is 8.40. The van der Waals surface area contributed by atoms with Crippen molar-refractivity contribution in [2.45, 2.75) is 19.4 Å². The van der Waals surface area contributed by atoms with Gasteiger partial charge >= 0.3 is 0 Å². The van der Waals surface area contributed by atoms with Gasteiger partial charge < -0.3 is 15.4 Å². The van der Waals surface area contributed by atoms with Crippen LogP contribution in [-0.4, -0.2) is 31.8 Å². The molecule has 0 heterocycles. The average Bonchev–Trinajstić information content (AvgIpc) is 2.67. The Morgan fingerprint density at radius 1 is 1.07 bits per heavy atom. The molecule has 0 bridgehead atoms. The summed E-state index contributed by atoms with van der Waals surface area (Å²) in [7, 11) is 2.79. The van der Waals surface area contributed by atoms with Crippen LogP contribution in [0.2, 0.25) is 0 Å². The molecular formula is C20H20F2N2O4. The Kier molecular flexibility index (Phi) is 6.81. The second-order valence-electron chi connectivity index (χ2n) is 6.05. The van der Waals surface area contributed by atoms with Gasteiger partial charge in [-0.2, -0.15) is 0 Å². The maximum absolute atomic E-state index is 13.5. The summed E-state index contributed by atoms with van der Waals surface area (Å²) in [6.07, 6.45) is -0.179. The lowest BCUT2D eigenvalue weighted by Crippen LogP contribution is -2.39. The molecule has 6 nitrogen and oxygen atoms in total. The molecule has 0 saturated carbocycles. The average molecular weight is 390 g/mol. The predicted octanol–water partition coefficient (Wildman–Crippen LogP) is 2.32. The third-order valence-electron chi connectivity index (χ3n) is 4.13. The van der Waals surface area contributed by atoms with Crippen LogP contribution in [0.5, 0.6) is 5.75 Å². The number of nitrogens with one attached hydrogen (secondary N) is 2. The van der Waals surface area contributed by atoms with E-state index in [1.165, 1.54) is 33.2 Å². The Bertz CT molecular complexity index is 915. The van der Waals surface area contributed by atoms with E-state index in [2.05, 4.69) is 10.6 Å². The van der Waals surface area contributed by atoms with E-state index in [1.807, 2.05) is 0 Å². The van der Waals surface area contributed by atoms with Crippen molar-refractivity contribution >= 4 is 17.6 Å². The van der Waals surface area contributed by atoms with Gasteiger partial charge in [0.2, 0.25) is 11.8 Å². The number of rotatable bonds is 7. The zero-order valence-electron chi connectivity index (χ0n) is 15.6. The van der Waals surface area contributed by atoms with Crippen molar-refractivity contribution in [2.75, 3.05) is 14.2 Å². The number of Topliss-reactive ketones (excluding diaryl/α,β-unsaturated/α-hetero) is 1. The third kappa shape index (κ3) is 4.91. The van der Waals surface area contributed by atoms with E-state index in [-0.39, 0.29) is 17.8 Å². The molecule has 0 radical (unpaired) electrons. The summed E-state index contributed by atoms with van der Waals surface area (Å²) in [6, 6.07) is 6.43. The van der Waals surface area contributed by atoms with E-state index in [0.29, 0.717) is 16.9 Å². The number of carbonyl (C=O) groups excluding carboxylic acids is 3. The summed E-state index contributed by atoms with van der Waals surface area (Å²) in [5, 5.41) is 4.87. The van der Waals surface area contributed by atoms with Crippen LogP contribution < -0.4 is 15.4 Å². The number of hydrogen-bond acceptors (Lipinski definition) is 4. The van der Waals surface area contributed by atoms with Crippen LogP contribution >= 0.6 is 0 Å². The van der Waals surface area contributed by atoms with Crippen LogP contribution in [0.1, 0.15) is 34.5 Å². The minimum atomic E-state index is -1.21. The Balaban J connectivity index is 2.27. The summed E-state index contributed by atoms with van der Waals surface area (Å²) in [5.74, 6) is -3.10. The second kappa shape index (κ2) is 9.07. The van der Waals surface area contributed by atoms with Gasteiger partial charge in [-0.25, -0.2) is 8.78 Å². The van der Waals surface area contributed by atoms with E-state index in [4.69, 9.17) is 4.74 Å². The van der Waals surface area contributed by atoms with E-state index >= 15 is 0 Å². The summed E-state index contributed by atoms with van der Waals surface area (Å²) in [4.78, 5) is 36.2. The second-order valence-corrected chi connectivity index (χ2v) is 6.05. The molecule has 2 N–H and O–H groups in total. The van der Waals surface area contributed by atoms with Crippen molar-refractivity contribution < 1.29 is 27.9 Å². The van der Waals surface area contributed by atoms with Crippen molar-refractivity contribution in [3.8, 4) is 5.75 Å². The summed E-state index contributed by atoms with van der Waals surface area (Å²) >= 11 is 0. The van der Waals surface area contributed by atoms with Gasteiger partial charge in [0.15, 0.2) is 17.4 Å². The molecule has 0 saturated heterocycles. The van der Waals surface area contributed by atoms with E-state index in [0.717, 1.165) is 12.1 Å². The molecule has 0 spiro atoms. The van der Waals surface area contributed by atoms with Gasteiger partial charge in [-0.1, -0.05) is 6.07 Å². The molecule has 0 aromatic heterocycles. The van der Waals surface area contributed by atoms with Crippen LogP contribution in [0, 0.1) is 11.6 Å². The maximum atomic E-state index is 13.5. The first-order chi connectivity index (χ1) is 13.3. The Labute approximate surface area is 160 Å². The van der Waals surface area contributed by atoms with Crippen molar-refractivity contribution in [3.05, 3.63) is 64.7 Å². The minimum Gasteiger partial charge on any atom is -0.496 e. The maximum Gasteiger partial charge on any atom is 0.246 e.